The van der Waals surface area contributed by atoms with E-state index < -0.39 is 5.60 Å². The van der Waals surface area contributed by atoms with E-state index in [2.05, 4.69) is 0 Å². The molecule has 0 fully saturated rings. The largest absolute Gasteiger partial charge is 0.496 e. The molecule has 0 heterocycles. The molecule has 0 unspecified atom stereocenters. The highest BCUT2D eigenvalue weighted by Crippen LogP contribution is 2.30. The van der Waals surface area contributed by atoms with Crippen molar-refractivity contribution < 1.29 is 18.7 Å². The van der Waals surface area contributed by atoms with Crippen LogP contribution in [0.15, 0.2) is 12.1 Å². The van der Waals surface area contributed by atoms with Gasteiger partial charge in [-0.25, -0.2) is 4.39 Å². The van der Waals surface area contributed by atoms with E-state index in [9.17, 15) is 9.18 Å². The predicted molar refractivity (Wildman–Crippen MR) is 76.6 cm³/mol. The summed E-state index contributed by atoms with van der Waals surface area (Å²) in [4.78, 5) is 12.0. The Hall–Kier alpha value is -1.58. The quantitative estimate of drug-likeness (QED) is 0.787. The van der Waals surface area contributed by atoms with E-state index in [0.717, 1.165) is 5.56 Å². The van der Waals surface area contributed by atoms with E-state index in [1.54, 1.807) is 0 Å². The molecule has 0 N–H and O–H groups in total. The number of carbonyl (C=O) groups excluding carboxylic acids is 1. The monoisotopic (exact) mass is 282 g/mol. The fourth-order valence-electron chi connectivity index (χ4n) is 2.04. The predicted octanol–water partition coefficient (Wildman–Crippen LogP) is 3.84. The number of halogens is 1. The molecule has 0 atom stereocenters. The van der Waals surface area contributed by atoms with Crippen molar-refractivity contribution in [2.24, 2.45) is 0 Å². The summed E-state index contributed by atoms with van der Waals surface area (Å²) in [5, 5.41) is 0. The first-order chi connectivity index (χ1) is 9.14. The van der Waals surface area contributed by atoms with E-state index in [-0.39, 0.29) is 24.1 Å². The lowest BCUT2D eigenvalue weighted by atomic mass is 9.94. The van der Waals surface area contributed by atoms with Gasteiger partial charge in [-0.05, 0) is 38.3 Å². The van der Waals surface area contributed by atoms with Gasteiger partial charge in [0, 0.05) is 11.6 Å². The third-order valence-corrected chi connectivity index (χ3v) is 2.79. The standard InChI is InChI=1S/C16H23FO3/c1-10(2)12-7-11(17)8-14(19-6)13(12)9-15(18)20-16(3,4)5/h7-8,10H,9H2,1-6H3. The van der Waals surface area contributed by atoms with Crippen LogP contribution in [-0.4, -0.2) is 18.7 Å². The summed E-state index contributed by atoms with van der Waals surface area (Å²) < 4.78 is 24.1. The van der Waals surface area contributed by atoms with Crippen molar-refractivity contribution in [2.45, 2.75) is 52.6 Å². The maximum absolute atomic E-state index is 13.6. The van der Waals surface area contributed by atoms with Crippen molar-refractivity contribution in [1.29, 1.82) is 0 Å². The third kappa shape index (κ3) is 4.51. The first-order valence-electron chi connectivity index (χ1n) is 6.72. The fourth-order valence-corrected chi connectivity index (χ4v) is 2.04. The first kappa shape index (κ1) is 16.5. The average molecular weight is 282 g/mol. The van der Waals surface area contributed by atoms with E-state index in [4.69, 9.17) is 9.47 Å². The van der Waals surface area contributed by atoms with Gasteiger partial charge < -0.3 is 9.47 Å². The summed E-state index contributed by atoms with van der Waals surface area (Å²) in [5.41, 5.74) is 0.924. The Kier molecular flexibility index (Phi) is 5.15. The smallest absolute Gasteiger partial charge is 0.310 e. The molecule has 4 heteroatoms. The van der Waals surface area contributed by atoms with Gasteiger partial charge in [-0.3, -0.25) is 4.79 Å². The molecule has 20 heavy (non-hydrogen) atoms. The number of esters is 1. The molecule has 0 aliphatic heterocycles. The Morgan fingerprint density at radius 3 is 2.35 bits per heavy atom. The van der Waals surface area contributed by atoms with Crippen LogP contribution < -0.4 is 4.74 Å². The molecular formula is C16H23FO3. The summed E-state index contributed by atoms with van der Waals surface area (Å²) in [5.74, 6) is -0.223. The molecule has 0 aliphatic carbocycles. The average Bonchev–Trinajstić information content (AvgIpc) is 2.27. The van der Waals surface area contributed by atoms with Crippen LogP contribution in [0.5, 0.6) is 5.75 Å². The molecule has 0 spiro atoms. The number of benzene rings is 1. The Labute approximate surface area is 120 Å². The van der Waals surface area contributed by atoms with Gasteiger partial charge in [0.05, 0.1) is 13.5 Å². The highest BCUT2D eigenvalue weighted by molar-refractivity contribution is 5.74. The Morgan fingerprint density at radius 1 is 1.30 bits per heavy atom. The molecule has 1 aromatic carbocycles. The molecule has 0 bridgehead atoms. The van der Waals surface area contributed by atoms with Gasteiger partial charge in [0.2, 0.25) is 0 Å². The molecule has 0 radical (unpaired) electrons. The van der Waals surface area contributed by atoms with Crippen LogP contribution in [0.3, 0.4) is 0 Å². The maximum Gasteiger partial charge on any atom is 0.310 e. The lowest BCUT2D eigenvalue weighted by molar-refractivity contribution is -0.153. The summed E-state index contributed by atoms with van der Waals surface area (Å²) in [7, 11) is 1.47. The molecule has 112 valence electrons. The van der Waals surface area contributed by atoms with Crippen LogP contribution in [0.4, 0.5) is 4.39 Å². The second kappa shape index (κ2) is 6.25. The number of ether oxygens (including phenoxy) is 2. The zero-order valence-corrected chi connectivity index (χ0v) is 13.0. The molecule has 3 nitrogen and oxygen atoms in total. The molecule has 0 saturated heterocycles. The normalized spacial score (nSPS) is 11.6. The number of hydrogen-bond acceptors (Lipinski definition) is 3. The van der Waals surface area contributed by atoms with Gasteiger partial charge in [-0.1, -0.05) is 13.8 Å². The van der Waals surface area contributed by atoms with Crippen LogP contribution in [0.2, 0.25) is 0 Å². The topological polar surface area (TPSA) is 35.5 Å². The summed E-state index contributed by atoms with van der Waals surface area (Å²) in [6.07, 6.45) is 0.0776. The van der Waals surface area contributed by atoms with Crippen molar-refractivity contribution in [3.63, 3.8) is 0 Å². The molecule has 1 rings (SSSR count). The van der Waals surface area contributed by atoms with Crippen LogP contribution in [0.1, 0.15) is 51.7 Å². The molecule has 0 aliphatic rings. The Balaban J connectivity index is 3.12. The van der Waals surface area contributed by atoms with Crippen molar-refractivity contribution in [1.82, 2.24) is 0 Å². The lowest BCUT2D eigenvalue weighted by Gasteiger charge is -2.21. The van der Waals surface area contributed by atoms with Gasteiger partial charge in [0.15, 0.2) is 0 Å². The van der Waals surface area contributed by atoms with E-state index in [1.807, 2.05) is 34.6 Å². The fraction of sp³-hybridized carbons (Fsp3) is 0.562. The minimum atomic E-state index is -0.539. The third-order valence-electron chi connectivity index (χ3n) is 2.79. The zero-order chi connectivity index (χ0) is 15.5. The van der Waals surface area contributed by atoms with Gasteiger partial charge in [0.25, 0.3) is 0 Å². The SMILES string of the molecule is COc1cc(F)cc(C(C)C)c1CC(=O)OC(C)(C)C. The maximum atomic E-state index is 13.6. The van der Waals surface area contributed by atoms with Crippen LogP contribution in [-0.2, 0) is 16.0 Å². The second-order valence-electron chi connectivity index (χ2n) is 6.09. The minimum absolute atomic E-state index is 0.0776. The van der Waals surface area contributed by atoms with Gasteiger partial charge >= 0.3 is 5.97 Å². The first-order valence-corrected chi connectivity index (χ1v) is 6.72. The van der Waals surface area contributed by atoms with Crippen LogP contribution >= 0.6 is 0 Å². The van der Waals surface area contributed by atoms with E-state index >= 15 is 0 Å². The number of carbonyl (C=O) groups is 1. The van der Waals surface area contributed by atoms with E-state index in [1.165, 1.54) is 19.2 Å². The number of rotatable bonds is 4. The zero-order valence-electron chi connectivity index (χ0n) is 13.0. The Bertz CT molecular complexity index is 487. The van der Waals surface area contributed by atoms with Crippen molar-refractivity contribution in [2.75, 3.05) is 7.11 Å². The number of methoxy groups -OCH3 is 1. The van der Waals surface area contributed by atoms with Gasteiger partial charge in [-0.2, -0.15) is 0 Å². The highest BCUT2D eigenvalue weighted by atomic mass is 19.1. The van der Waals surface area contributed by atoms with Crippen molar-refractivity contribution in [3.05, 3.63) is 29.1 Å². The Morgan fingerprint density at radius 2 is 1.90 bits per heavy atom. The van der Waals surface area contributed by atoms with Crippen molar-refractivity contribution in [3.8, 4) is 5.75 Å². The van der Waals surface area contributed by atoms with Crippen LogP contribution in [0.25, 0.3) is 0 Å². The summed E-state index contributed by atoms with van der Waals surface area (Å²) in [6.45, 7) is 9.35. The minimum Gasteiger partial charge on any atom is -0.496 e. The van der Waals surface area contributed by atoms with Crippen LogP contribution in [0, 0.1) is 5.82 Å². The molecule has 1 aromatic rings. The molecule has 0 amide bonds. The summed E-state index contributed by atoms with van der Waals surface area (Å²) >= 11 is 0. The summed E-state index contributed by atoms with van der Waals surface area (Å²) in [6, 6.07) is 2.75. The lowest BCUT2D eigenvalue weighted by Crippen LogP contribution is -2.25. The number of hydrogen-bond donors (Lipinski definition) is 0. The molecular weight excluding hydrogens is 259 g/mol. The van der Waals surface area contributed by atoms with E-state index in [0.29, 0.717) is 11.3 Å². The second-order valence-corrected chi connectivity index (χ2v) is 6.09. The van der Waals surface area contributed by atoms with Gasteiger partial charge in [-0.15, -0.1) is 0 Å². The molecule has 0 saturated carbocycles. The van der Waals surface area contributed by atoms with Crippen molar-refractivity contribution >= 4 is 5.97 Å². The highest BCUT2D eigenvalue weighted by Gasteiger charge is 2.21. The molecule has 0 aromatic heterocycles. The van der Waals surface area contributed by atoms with Gasteiger partial charge in [0.1, 0.15) is 17.2 Å².